The van der Waals surface area contributed by atoms with Crippen LogP contribution in [-0.2, 0) is 6.54 Å². The van der Waals surface area contributed by atoms with E-state index in [1.807, 2.05) is 35.2 Å². The number of rotatable bonds is 6. The maximum atomic E-state index is 13.1. The van der Waals surface area contributed by atoms with Gasteiger partial charge in [0.1, 0.15) is 12.7 Å². The summed E-state index contributed by atoms with van der Waals surface area (Å²) in [6, 6.07) is 9.52. The Kier molecular flexibility index (Phi) is 5.50. The lowest BCUT2D eigenvalue weighted by atomic mass is 10.1. The molecule has 0 spiro atoms. The van der Waals surface area contributed by atoms with Crippen LogP contribution in [0.25, 0.3) is 5.69 Å². The quantitative estimate of drug-likeness (QED) is 0.697. The molecule has 1 amide bonds. The van der Waals surface area contributed by atoms with Crippen LogP contribution in [-0.4, -0.2) is 67.9 Å². The number of piperazine rings is 1. The summed E-state index contributed by atoms with van der Waals surface area (Å²) in [7, 11) is 0. The van der Waals surface area contributed by atoms with E-state index in [-0.39, 0.29) is 18.6 Å². The lowest BCUT2D eigenvalue weighted by Gasteiger charge is -2.41. The van der Waals surface area contributed by atoms with Gasteiger partial charge in [-0.25, -0.2) is 0 Å². The topological polar surface area (TPSA) is 87.6 Å². The van der Waals surface area contributed by atoms with Gasteiger partial charge < -0.3 is 14.4 Å². The van der Waals surface area contributed by atoms with Crippen molar-refractivity contribution in [2.24, 2.45) is 0 Å². The van der Waals surface area contributed by atoms with Crippen LogP contribution >= 0.6 is 0 Å². The highest BCUT2D eigenvalue weighted by atomic mass is 16.3. The van der Waals surface area contributed by atoms with Gasteiger partial charge in [0.25, 0.3) is 5.91 Å². The monoisotopic (exact) mass is 381 g/mol. The van der Waals surface area contributed by atoms with Gasteiger partial charge >= 0.3 is 0 Å². The first-order valence-electron chi connectivity index (χ1n) is 9.35. The van der Waals surface area contributed by atoms with E-state index in [9.17, 15) is 9.90 Å². The molecule has 2 aromatic heterocycles. The highest BCUT2D eigenvalue weighted by Gasteiger charge is 2.30. The van der Waals surface area contributed by atoms with Crippen molar-refractivity contribution in [2.45, 2.75) is 19.0 Å². The summed E-state index contributed by atoms with van der Waals surface area (Å²) in [5.74, 6) is 0.000764. The summed E-state index contributed by atoms with van der Waals surface area (Å²) in [6.45, 7) is 2.85. The maximum absolute atomic E-state index is 13.1. The minimum absolute atomic E-state index is 0.000764. The number of furan rings is 1. The summed E-state index contributed by atoms with van der Waals surface area (Å²) in [5.41, 5.74) is 2.59. The number of carbonyl (C=O) groups excluding carboxylic acids is 1. The number of aliphatic hydroxyl groups excluding tert-OH is 1. The molecule has 1 aromatic carbocycles. The van der Waals surface area contributed by atoms with Crippen molar-refractivity contribution in [2.75, 3.05) is 26.2 Å². The van der Waals surface area contributed by atoms with Crippen molar-refractivity contribution in [1.82, 2.24) is 24.6 Å². The number of amides is 1. The third-order valence-electron chi connectivity index (χ3n) is 5.13. The fourth-order valence-corrected chi connectivity index (χ4v) is 3.64. The van der Waals surface area contributed by atoms with Gasteiger partial charge in [0.05, 0.1) is 12.5 Å². The first-order valence-corrected chi connectivity index (χ1v) is 9.35. The van der Waals surface area contributed by atoms with E-state index in [4.69, 9.17) is 4.42 Å². The first kappa shape index (κ1) is 18.4. The number of hydrogen-bond acceptors (Lipinski definition) is 6. The van der Waals surface area contributed by atoms with Crippen molar-refractivity contribution in [1.29, 1.82) is 0 Å². The molecule has 0 bridgehead atoms. The third-order valence-corrected chi connectivity index (χ3v) is 5.13. The zero-order chi connectivity index (χ0) is 19.3. The molecule has 1 aliphatic heterocycles. The van der Waals surface area contributed by atoms with Crippen molar-refractivity contribution in [3.63, 3.8) is 0 Å². The Bertz CT molecular complexity index is 894. The SMILES string of the molecule is O=C(c1cccc(-n2cnnc2)c1)N1CCN(Cc2ccoc2)C(CCO)C1. The van der Waals surface area contributed by atoms with Crippen LogP contribution in [0.5, 0.6) is 0 Å². The van der Waals surface area contributed by atoms with Gasteiger partial charge in [-0.05, 0) is 30.7 Å². The zero-order valence-corrected chi connectivity index (χ0v) is 15.5. The molecule has 8 nitrogen and oxygen atoms in total. The average Bonchev–Trinajstić information content (AvgIpc) is 3.43. The Morgan fingerprint density at radius 2 is 2.07 bits per heavy atom. The molecule has 0 saturated carbocycles. The molecule has 28 heavy (non-hydrogen) atoms. The van der Waals surface area contributed by atoms with E-state index in [0.717, 1.165) is 24.3 Å². The largest absolute Gasteiger partial charge is 0.472 e. The number of nitrogens with zero attached hydrogens (tertiary/aromatic N) is 5. The van der Waals surface area contributed by atoms with Crippen LogP contribution in [0.15, 0.2) is 59.9 Å². The van der Waals surface area contributed by atoms with Gasteiger partial charge in [-0.3, -0.25) is 14.3 Å². The van der Waals surface area contributed by atoms with Crippen LogP contribution in [0.1, 0.15) is 22.3 Å². The summed E-state index contributed by atoms with van der Waals surface area (Å²) in [4.78, 5) is 17.3. The smallest absolute Gasteiger partial charge is 0.254 e. The minimum Gasteiger partial charge on any atom is -0.472 e. The Balaban J connectivity index is 1.47. The lowest BCUT2D eigenvalue weighted by molar-refractivity contribution is 0.0394. The van der Waals surface area contributed by atoms with E-state index in [0.29, 0.717) is 25.1 Å². The zero-order valence-electron chi connectivity index (χ0n) is 15.5. The second-order valence-corrected chi connectivity index (χ2v) is 6.94. The number of carbonyl (C=O) groups is 1. The Labute approximate surface area is 163 Å². The van der Waals surface area contributed by atoms with Crippen molar-refractivity contribution >= 4 is 5.91 Å². The fourth-order valence-electron chi connectivity index (χ4n) is 3.64. The molecule has 8 heteroatoms. The van der Waals surface area contributed by atoms with E-state index in [1.165, 1.54) is 0 Å². The fraction of sp³-hybridized carbons (Fsp3) is 0.350. The maximum Gasteiger partial charge on any atom is 0.254 e. The van der Waals surface area contributed by atoms with E-state index in [1.54, 1.807) is 29.7 Å². The molecule has 1 atom stereocenters. The average molecular weight is 381 g/mol. The van der Waals surface area contributed by atoms with E-state index < -0.39 is 0 Å². The first-order chi connectivity index (χ1) is 13.7. The molecule has 0 radical (unpaired) electrons. The van der Waals surface area contributed by atoms with Crippen LogP contribution in [0.4, 0.5) is 0 Å². The van der Waals surface area contributed by atoms with E-state index >= 15 is 0 Å². The molecule has 1 saturated heterocycles. The Morgan fingerprint density at radius 3 is 2.82 bits per heavy atom. The summed E-state index contributed by atoms with van der Waals surface area (Å²) in [5, 5.41) is 17.1. The highest BCUT2D eigenvalue weighted by molar-refractivity contribution is 5.94. The molecule has 3 aromatic rings. The van der Waals surface area contributed by atoms with Gasteiger partial charge in [0.15, 0.2) is 0 Å². The van der Waals surface area contributed by atoms with Gasteiger partial charge in [-0.2, -0.15) is 0 Å². The molecule has 1 aliphatic rings. The molecule has 146 valence electrons. The molecular formula is C20H23N5O3. The standard InChI is InChI=1S/C20H23N5O3/c26-8-4-19-12-24(7-6-23(19)11-16-5-9-28-13-16)20(27)17-2-1-3-18(10-17)25-14-21-22-15-25/h1-3,5,9-10,13-15,19,26H,4,6-8,11-12H2. The highest BCUT2D eigenvalue weighted by Crippen LogP contribution is 2.19. The van der Waals surface area contributed by atoms with Crippen LogP contribution in [0, 0.1) is 0 Å². The second-order valence-electron chi connectivity index (χ2n) is 6.94. The van der Waals surface area contributed by atoms with Crippen LogP contribution in [0.3, 0.4) is 0 Å². The summed E-state index contributed by atoms with van der Waals surface area (Å²) >= 11 is 0. The van der Waals surface area contributed by atoms with Gasteiger partial charge in [-0.15, -0.1) is 10.2 Å². The van der Waals surface area contributed by atoms with Crippen LogP contribution < -0.4 is 0 Å². The Hall–Kier alpha value is -2.97. The number of hydrogen-bond donors (Lipinski definition) is 1. The molecule has 4 rings (SSSR count). The molecule has 1 N–H and O–H groups in total. The van der Waals surface area contributed by atoms with Gasteiger partial charge in [0, 0.05) is 55.6 Å². The summed E-state index contributed by atoms with van der Waals surface area (Å²) in [6.07, 6.45) is 7.25. The molecule has 0 aliphatic carbocycles. The predicted molar refractivity (Wildman–Crippen MR) is 102 cm³/mol. The van der Waals surface area contributed by atoms with Crippen LogP contribution in [0.2, 0.25) is 0 Å². The normalized spacial score (nSPS) is 17.8. The van der Waals surface area contributed by atoms with Crippen molar-refractivity contribution in [3.05, 3.63) is 66.6 Å². The number of aromatic nitrogens is 3. The third kappa shape index (κ3) is 3.97. The summed E-state index contributed by atoms with van der Waals surface area (Å²) < 4.78 is 6.93. The lowest BCUT2D eigenvalue weighted by Crippen LogP contribution is -2.54. The minimum atomic E-state index is 0.000764. The molecule has 1 unspecified atom stereocenters. The second kappa shape index (κ2) is 8.37. The Morgan fingerprint density at radius 1 is 1.21 bits per heavy atom. The predicted octanol–water partition coefficient (Wildman–Crippen LogP) is 1.57. The molecular weight excluding hydrogens is 358 g/mol. The van der Waals surface area contributed by atoms with Gasteiger partial charge in [0.2, 0.25) is 0 Å². The van der Waals surface area contributed by atoms with Crippen molar-refractivity contribution in [3.8, 4) is 5.69 Å². The van der Waals surface area contributed by atoms with E-state index in [2.05, 4.69) is 15.1 Å². The molecule has 1 fully saturated rings. The number of aliphatic hydroxyl groups is 1. The molecule has 3 heterocycles. The van der Waals surface area contributed by atoms with Crippen molar-refractivity contribution < 1.29 is 14.3 Å². The van der Waals surface area contributed by atoms with Gasteiger partial charge in [-0.1, -0.05) is 6.07 Å². The number of benzene rings is 1.